The quantitative estimate of drug-likeness (QED) is 0.762. The largest absolute Gasteiger partial charge is 0.469 e. The number of aromatic nitrogens is 1. The Hall–Kier alpha value is -1.84. The van der Waals surface area contributed by atoms with Gasteiger partial charge < -0.3 is 10.5 Å². The van der Waals surface area contributed by atoms with Crippen LogP contribution in [0.15, 0.2) is 18.3 Å². The fraction of sp³-hybridized carbons (Fsp3) is 0.273. The van der Waals surface area contributed by atoms with Crippen LogP contribution in [-0.2, 0) is 9.53 Å². The summed E-state index contributed by atoms with van der Waals surface area (Å²) in [5.41, 5.74) is 7.51. The smallest absolute Gasteiger partial charge is 0.309 e. The molecule has 0 bridgehead atoms. The summed E-state index contributed by atoms with van der Waals surface area (Å²) in [7, 11) is 1.36. The molecule has 0 unspecified atom stereocenters. The maximum atomic E-state index is 10.8. The van der Waals surface area contributed by atoms with Crippen LogP contribution in [0, 0.1) is 6.92 Å². The summed E-state index contributed by atoms with van der Waals surface area (Å²) in [5, 5.41) is 0. The van der Waals surface area contributed by atoms with E-state index in [9.17, 15) is 4.79 Å². The molecule has 1 heterocycles. The summed E-state index contributed by atoms with van der Waals surface area (Å²) in [5.74, 6) is 0.187. The van der Waals surface area contributed by atoms with Crippen LogP contribution in [0.2, 0.25) is 0 Å². The van der Waals surface area contributed by atoms with Crippen molar-refractivity contribution in [3.05, 3.63) is 29.5 Å². The number of nitrogens with zero attached hydrogens (tertiary/aromatic N) is 1. The van der Waals surface area contributed by atoms with Gasteiger partial charge in [-0.05, 0) is 18.6 Å². The molecular formula is C11H14N2O2. The predicted molar refractivity (Wildman–Crippen MR) is 59.1 cm³/mol. The second kappa shape index (κ2) is 5.14. The lowest BCUT2D eigenvalue weighted by molar-refractivity contribution is -0.139. The van der Waals surface area contributed by atoms with E-state index in [1.54, 1.807) is 18.3 Å². The van der Waals surface area contributed by atoms with Crippen molar-refractivity contribution >= 4 is 17.9 Å². The molecular weight excluding hydrogens is 192 g/mol. The molecule has 1 aromatic rings. The highest BCUT2D eigenvalue weighted by Gasteiger charge is 1.98. The molecule has 0 aliphatic heterocycles. The monoisotopic (exact) mass is 206 g/mol. The first-order valence-corrected chi connectivity index (χ1v) is 4.59. The van der Waals surface area contributed by atoms with Gasteiger partial charge in [0.25, 0.3) is 0 Å². The van der Waals surface area contributed by atoms with Gasteiger partial charge in [-0.2, -0.15) is 0 Å². The molecule has 1 aromatic heterocycles. The van der Waals surface area contributed by atoms with Gasteiger partial charge in [0.2, 0.25) is 0 Å². The Bertz CT molecular complexity index is 386. The van der Waals surface area contributed by atoms with Crippen molar-refractivity contribution in [1.29, 1.82) is 0 Å². The summed E-state index contributed by atoms with van der Waals surface area (Å²) < 4.78 is 4.51. The SMILES string of the molecule is COC(=O)CC=Cc1cc(C)cnc1N. The zero-order chi connectivity index (χ0) is 11.3. The van der Waals surface area contributed by atoms with Gasteiger partial charge in [0.05, 0.1) is 13.5 Å². The molecule has 0 spiro atoms. The molecule has 15 heavy (non-hydrogen) atoms. The van der Waals surface area contributed by atoms with Gasteiger partial charge in [0.15, 0.2) is 0 Å². The van der Waals surface area contributed by atoms with Crippen molar-refractivity contribution in [2.24, 2.45) is 0 Å². The average Bonchev–Trinajstić information content (AvgIpc) is 2.23. The van der Waals surface area contributed by atoms with Gasteiger partial charge in [-0.3, -0.25) is 4.79 Å². The van der Waals surface area contributed by atoms with E-state index in [4.69, 9.17) is 5.73 Å². The van der Waals surface area contributed by atoms with E-state index in [0.717, 1.165) is 11.1 Å². The number of hydrogen-bond acceptors (Lipinski definition) is 4. The maximum absolute atomic E-state index is 10.8. The molecule has 0 atom stereocenters. The van der Waals surface area contributed by atoms with Crippen molar-refractivity contribution in [2.75, 3.05) is 12.8 Å². The van der Waals surface area contributed by atoms with Crippen LogP contribution in [0.5, 0.6) is 0 Å². The molecule has 80 valence electrons. The highest BCUT2D eigenvalue weighted by molar-refractivity contribution is 5.73. The first-order valence-electron chi connectivity index (χ1n) is 4.59. The number of methoxy groups -OCH3 is 1. The van der Waals surface area contributed by atoms with Crippen LogP contribution in [-0.4, -0.2) is 18.1 Å². The number of carbonyl (C=O) groups is 1. The highest BCUT2D eigenvalue weighted by atomic mass is 16.5. The Balaban J connectivity index is 2.71. The van der Waals surface area contributed by atoms with Crippen LogP contribution < -0.4 is 5.73 Å². The first kappa shape index (κ1) is 11.2. The van der Waals surface area contributed by atoms with Crippen molar-refractivity contribution in [1.82, 2.24) is 4.98 Å². The molecule has 0 aliphatic carbocycles. The Morgan fingerprint density at radius 3 is 3.07 bits per heavy atom. The fourth-order valence-electron chi connectivity index (χ4n) is 1.10. The third-order valence-corrected chi connectivity index (χ3v) is 1.90. The number of nitrogens with two attached hydrogens (primary N) is 1. The van der Waals surface area contributed by atoms with Crippen LogP contribution in [0.4, 0.5) is 5.82 Å². The molecule has 2 N–H and O–H groups in total. The number of aryl methyl sites for hydroxylation is 1. The van der Waals surface area contributed by atoms with E-state index in [-0.39, 0.29) is 12.4 Å². The van der Waals surface area contributed by atoms with E-state index < -0.39 is 0 Å². The molecule has 0 amide bonds. The van der Waals surface area contributed by atoms with Gasteiger partial charge in [0, 0.05) is 11.8 Å². The van der Waals surface area contributed by atoms with Gasteiger partial charge in [-0.1, -0.05) is 12.2 Å². The number of esters is 1. The van der Waals surface area contributed by atoms with E-state index >= 15 is 0 Å². The number of ether oxygens (including phenoxy) is 1. The van der Waals surface area contributed by atoms with Gasteiger partial charge in [-0.15, -0.1) is 0 Å². The third-order valence-electron chi connectivity index (χ3n) is 1.90. The molecule has 0 radical (unpaired) electrons. The minimum Gasteiger partial charge on any atom is -0.469 e. The van der Waals surface area contributed by atoms with Crippen LogP contribution in [0.3, 0.4) is 0 Å². The van der Waals surface area contributed by atoms with Crippen molar-refractivity contribution < 1.29 is 9.53 Å². The summed E-state index contributed by atoms with van der Waals surface area (Å²) >= 11 is 0. The topological polar surface area (TPSA) is 65.2 Å². The van der Waals surface area contributed by atoms with Crippen LogP contribution in [0.1, 0.15) is 17.5 Å². The van der Waals surface area contributed by atoms with Crippen LogP contribution >= 0.6 is 0 Å². The van der Waals surface area contributed by atoms with Crippen molar-refractivity contribution in [3.8, 4) is 0 Å². The molecule has 1 rings (SSSR count). The van der Waals surface area contributed by atoms with Gasteiger partial charge in [-0.25, -0.2) is 4.98 Å². The minimum atomic E-state index is -0.273. The molecule has 0 saturated heterocycles. The number of anilines is 1. The molecule has 4 nitrogen and oxygen atoms in total. The number of carbonyl (C=O) groups excluding carboxylic acids is 1. The molecule has 4 heteroatoms. The highest BCUT2D eigenvalue weighted by Crippen LogP contribution is 2.12. The first-order chi connectivity index (χ1) is 7.13. The zero-order valence-corrected chi connectivity index (χ0v) is 8.86. The van der Waals surface area contributed by atoms with Crippen molar-refractivity contribution in [2.45, 2.75) is 13.3 Å². The molecule has 0 aromatic carbocycles. The van der Waals surface area contributed by atoms with Crippen LogP contribution in [0.25, 0.3) is 6.08 Å². The molecule has 0 saturated carbocycles. The number of pyridine rings is 1. The Labute approximate surface area is 88.8 Å². The lowest BCUT2D eigenvalue weighted by atomic mass is 10.2. The van der Waals surface area contributed by atoms with E-state index in [1.807, 2.05) is 13.0 Å². The zero-order valence-electron chi connectivity index (χ0n) is 8.86. The summed E-state index contributed by atoms with van der Waals surface area (Å²) in [6.07, 6.45) is 5.42. The summed E-state index contributed by atoms with van der Waals surface area (Å²) in [6.45, 7) is 1.93. The second-order valence-corrected chi connectivity index (χ2v) is 3.17. The number of hydrogen-bond donors (Lipinski definition) is 1. The van der Waals surface area contributed by atoms with Gasteiger partial charge >= 0.3 is 5.97 Å². The molecule has 0 aliphatic rings. The minimum absolute atomic E-state index is 0.240. The summed E-state index contributed by atoms with van der Waals surface area (Å²) in [6, 6.07) is 1.91. The normalized spacial score (nSPS) is 10.5. The average molecular weight is 206 g/mol. The maximum Gasteiger partial charge on any atom is 0.309 e. The fourth-order valence-corrected chi connectivity index (χ4v) is 1.10. The lowest BCUT2D eigenvalue weighted by Crippen LogP contribution is -1.97. The third kappa shape index (κ3) is 3.42. The summed E-state index contributed by atoms with van der Waals surface area (Å²) in [4.78, 5) is 14.8. The molecule has 0 fully saturated rings. The standard InChI is InChI=1S/C11H14N2O2/c1-8-6-9(11(12)13-7-8)4-3-5-10(14)15-2/h3-4,6-7H,5H2,1-2H3,(H2,12,13). The Kier molecular flexibility index (Phi) is 3.85. The lowest BCUT2D eigenvalue weighted by Gasteiger charge is -2.00. The predicted octanol–water partition coefficient (Wildman–Crippen LogP) is 1.55. The van der Waals surface area contributed by atoms with E-state index in [2.05, 4.69) is 9.72 Å². The Morgan fingerprint density at radius 1 is 1.67 bits per heavy atom. The van der Waals surface area contributed by atoms with E-state index in [1.165, 1.54) is 7.11 Å². The second-order valence-electron chi connectivity index (χ2n) is 3.17. The Morgan fingerprint density at radius 2 is 2.40 bits per heavy atom. The van der Waals surface area contributed by atoms with Crippen molar-refractivity contribution in [3.63, 3.8) is 0 Å². The van der Waals surface area contributed by atoms with E-state index in [0.29, 0.717) is 5.82 Å². The van der Waals surface area contributed by atoms with Gasteiger partial charge in [0.1, 0.15) is 5.82 Å². The number of rotatable bonds is 3. The number of nitrogen functional groups attached to an aromatic ring is 1.